The van der Waals surface area contributed by atoms with Crippen LogP contribution in [0, 0.1) is 0 Å². The van der Waals surface area contributed by atoms with E-state index in [9.17, 15) is 19.8 Å². The van der Waals surface area contributed by atoms with Crippen LogP contribution >= 0.6 is 0 Å². The van der Waals surface area contributed by atoms with Gasteiger partial charge in [-0.05, 0) is 30.5 Å². The minimum atomic E-state index is -1.28. The average molecular weight is 407 g/mol. The van der Waals surface area contributed by atoms with Gasteiger partial charge in [0.1, 0.15) is 5.54 Å². The molecule has 1 aliphatic rings. The third-order valence-corrected chi connectivity index (χ3v) is 5.94. The van der Waals surface area contributed by atoms with E-state index >= 15 is 0 Å². The van der Waals surface area contributed by atoms with Gasteiger partial charge in [0.15, 0.2) is 0 Å². The Balaban J connectivity index is 1.62. The van der Waals surface area contributed by atoms with Gasteiger partial charge in [0.2, 0.25) is 5.91 Å². The fourth-order valence-electron chi connectivity index (χ4n) is 4.25. The minimum absolute atomic E-state index is 0.103. The van der Waals surface area contributed by atoms with Crippen LogP contribution in [0.15, 0.2) is 54.6 Å². The highest BCUT2D eigenvalue weighted by atomic mass is 16.4. The van der Waals surface area contributed by atoms with E-state index < -0.39 is 23.6 Å². The second kappa shape index (κ2) is 7.84. The summed E-state index contributed by atoms with van der Waals surface area (Å²) in [7, 11) is 0. The average Bonchev–Trinajstić information content (AvgIpc) is 3.10. The van der Waals surface area contributed by atoms with E-state index in [1.54, 1.807) is 6.92 Å². The predicted molar refractivity (Wildman–Crippen MR) is 113 cm³/mol. The fraction of sp³-hybridized carbons (Fsp3) is 0.304. The number of carbonyl (C=O) groups is 2. The number of hydrogen-bond acceptors (Lipinski definition) is 3. The number of rotatable bonds is 5. The number of benzene rings is 2. The van der Waals surface area contributed by atoms with E-state index in [0.717, 1.165) is 27.7 Å². The van der Waals surface area contributed by atoms with Gasteiger partial charge in [0.25, 0.3) is 0 Å². The number of amides is 2. The van der Waals surface area contributed by atoms with E-state index in [4.69, 9.17) is 0 Å². The van der Waals surface area contributed by atoms with Crippen LogP contribution in [0.25, 0.3) is 10.9 Å². The van der Waals surface area contributed by atoms with Crippen molar-refractivity contribution in [3.8, 4) is 0 Å². The van der Waals surface area contributed by atoms with Crippen molar-refractivity contribution in [3.05, 3.63) is 71.4 Å². The van der Waals surface area contributed by atoms with E-state index in [1.807, 2.05) is 54.6 Å². The molecular formula is C23H25N3O4. The van der Waals surface area contributed by atoms with Gasteiger partial charge in [-0.15, -0.1) is 0 Å². The van der Waals surface area contributed by atoms with Gasteiger partial charge in [-0.2, -0.15) is 0 Å². The largest absolute Gasteiger partial charge is 0.465 e. The second-order valence-corrected chi connectivity index (χ2v) is 7.99. The molecule has 30 heavy (non-hydrogen) atoms. The second-order valence-electron chi connectivity index (χ2n) is 7.99. The highest BCUT2D eigenvalue weighted by Gasteiger charge is 2.47. The Hall–Kier alpha value is -3.32. The molecule has 1 aliphatic heterocycles. The van der Waals surface area contributed by atoms with Crippen LogP contribution < -0.4 is 5.32 Å². The maximum atomic E-state index is 13.3. The maximum absolute atomic E-state index is 13.3. The maximum Gasteiger partial charge on any atom is 0.408 e. The van der Waals surface area contributed by atoms with Crippen molar-refractivity contribution >= 4 is 22.9 Å². The van der Waals surface area contributed by atoms with Crippen LogP contribution in [0.2, 0.25) is 0 Å². The Labute approximate surface area is 174 Å². The molecule has 1 aromatic heterocycles. The lowest BCUT2D eigenvalue weighted by Crippen LogP contribution is -2.63. The highest BCUT2D eigenvalue weighted by Crippen LogP contribution is 2.35. The molecule has 0 spiro atoms. The molecule has 156 valence electrons. The van der Waals surface area contributed by atoms with Gasteiger partial charge in [-0.3, -0.25) is 9.69 Å². The van der Waals surface area contributed by atoms with Crippen molar-refractivity contribution in [1.82, 2.24) is 15.2 Å². The van der Waals surface area contributed by atoms with Crippen LogP contribution in [0.3, 0.4) is 0 Å². The van der Waals surface area contributed by atoms with Crippen molar-refractivity contribution in [2.75, 3.05) is 6.61 Å². The van der Waals surface area contributed by atoms with E-state index in [2.05, 4.69) is 10.3 Å². The Bertz CT molecular complexity index is 1080. The third-order valence-electron chi connectivity index (χ3n) is 5.94. The molecular weight excluding hydrogens is 382 g/mol. The summed E-state index contributed by atoms with van der Waals surface area (Å²) in [6, 6.07) is 16.8. The van der Waals surface area contributed by atoms with Gasteiger partial charge in [0, 0.05) is 23.0 Å². The SMILES string of the molecule is CC1(C(=O)NC(CO)Cc2ccccc2)Cc2c([nH]c3ccccc23)CN1C(=O)O. The number of aromatic nitrogens is 1. The lowest BCUT2D eigenvalue weighted by atomic mass is 9.84. The molecule has 2 heterocycles. The van der Waals surface area contributed by atoms with Gasteiger partial charge in [0.05, 0.1) is 19.2 Å². The van der Waals surface area contributed by atoms with Crippen molar-refractivity contribution < 1.29 is 19.8 Å². The minimum Gasteiger partial charge on any atom is -0.465 e. The monoisotopic (exact) mass is 407 g/mol. The van der Waals surface area contributed by atoms with Crippen molar-refractivity contribution in [3.63, 3.8) is 0 Å². The molecule has 4 rings (SSSR count). The Morgan fingerprint density at radius 1 is 1.17 bits per heavy atom. The molecule has 2 aromatic carbocycles. The molecule has 2 amide bonds. The molecule has 7 nitrogen and oxygen atoms in total. The first-order valence-electron chi connectivity index (χ1n) is 9.97. The van der Waals surface area contributed by atoms with Gasteiger partial charge in [-0.1, -0.05) is 48.5 Å². The van der Waals surface area contributed by atoms with Crippen LogP contribution in [-0.2, 0) is 24.2 Å². The predicted octanol–water partition coefficient (Wildman–Crippen LogP) is 2.68. The Morgan fingerprint density at radius 2 is 1.87 bits per heavy atom. The number of H-pyrrole nitrogens is 1. The van der Waals surface area contributed by atoms with E-state index in [1.165, 1.54) is 4.90 Å². The molecule has 3 aromatic rings. The molecule has 0 saturated heterocycles. The number of fused-ring (bicyclic) bond motifs is 3. The van der Waals surface area contributed by atoms with Crippen LogP contribution in [0.4, 0.5) is 4.79 Å². The van der Waals surface area contributed by atoms with Gasteiger partial charge in [-0.25, -0.2) is 4.79 Å². The summed E-state index contributed by atoms with van der Waals surface area (Å²) in [6.07, 6.45) is -0.431. The summed E-state index contributed by atoms with van der Waals surface area (Å²) in [5, 5.41) is 23.5. The number of aliphatic hydroxyl groups is 1. The molecule has 0 bridgehead atoms. The summed E-state index contributed by atoms with van der Waals surface area (Å²) in [6.45, 7) is 1.52. The zero-order chi connectivity index (χ0) is 21.3. The zero-order valence-corrected chi connectivity index (χ0v) is 16.8. The number of aliphatic hydroxyl groups excluding tert-OH is 1. The summed E-state index contributed by atoms with van der Waals surface area (Å²) in [4.78, 5) is 29.8. The molecule has 7 heteroatoms. The van der Waals surface area contributed by atoms with Gasteiger partial charge < -0.3 is 20.5 Å². The number of aromatic amines is 1. The first-order valence-corrected chi connectivity index (χ1v) is 9.97. The number of nitrogens with zero attached hydrogens (tertiary/aromatic N) is 1. The first-order chi connectivity index (χ1) is 14.4. The molecule has 0 fully saturated rings. The van der Waals surface area contributed by atoms with E-state index in [-0.39, 0.29) is 19.6 Å². The molecule has 0 saturated carbocycles. The van der Waals surface area contributed by atoms with Gasteiger partial charge >= 0.3 is 6.09 Å². The lowest BCUT2D eigenvalue weighted by Gasteiger charge is -2.42. The van der Waals surface area contributed by atoms with Crippen molar-refractivity contribution in [1.29, 1.82) is 0 Å². The van der Waals surface area contributed by atoms with Crippen molar-refractivity contribution in [2.45, 2.75) is 37.9 Å². The fourth-order valence-corrected chi connectivity index (χ4v) is 4.25. The lowest BCUT2D eigenvalue weighted by molar-refractivity contribution is -0.133. The first kappa shape index (κ1) is 20.0. The molecule has 2 atom stereocenters. The summed E-state index contributed by atoms with van der Waals surface area (Å²) < 4.78 is 0. The smallest absolute Gasteiger partial charge is 0.408 e. The molecule has 0 aliphatic carbocycles. The third kappa shape index (κ3) is 3.52. The molecule has 4 N–H and O–H groups in total. The normalized spacial score (nSPS) is 19.3. The van der Waals surface area contributed by atoms with Crippen LogP contribution in [-0.4, -0.2) is 50.3 Å². The number of nitrogens with one attached hydrogen (secondary N) is 2. The topological polar surface area (TPSA) is 106 Å². The van der Waals surface area contributed by atoms with Crippen LogP contribution in [0.1, 0.15) is 23.7 Å². The zero-order valence-electron chi connectivity index (χ0n) is 16.8. The molecule has 2 unspecified atom stereocenters. The quantitative estimate of drug-likeness (QED) is 0.522. The highest BCUT2D eigenvalue weighted by molar-refractivity contribution is 5.93. The number of carboxylic acid groups (broad SMARTS) is 1. The summed E-state index contributed by atoms with van der Waals surface area (Å²) in [5.74, 6) is -0.407. The molecule has 0 radical (unpaired) electrons. The number of para-hydroxylation sites is 1. The van der Waals surface area contributed by atoms with Crippen LogP contribution in [0.5, 0.6) is 0 Å². The van der Waals surface area contributed by atoms with E-state index in [0.29, 0.717) is 6.42 Å². The van der Waals surface area contributed by atoms with Crippen molar-refractivity contribution in [2.24, 2.45) is 0 Å². The Kier molecular flexibility index (Phi) is 5.22. The Morgan fingerprint density at radius 3 is 2.57 bits per heavy atom. The number of hydrogen-bond donors (Lipinski definition) is 4. The summed E-state index contributed by atoms with van der Waals surface area (Å²) in [5.41, 5.74) is 2.40. The number of carbonyl (C=O) groups excluding carboxylic acids is 1. The standard InChI is InChI=1S/C23H25N3O4/c1-23(21(28)24-16(14-27)11-15-7-3-2-4-8-15)12-18-17-9-5-6-10-19(17)25-20(18)13-26(23)22(29)30/h2-10,16,25,27H,11-14H2,1H3,(H,24,28)(H,29,30). The summed E-state index contributed by atoms with van der Waals surface area (Å²) >= 11 is 0.